The average Bonchev–Trinajstić information content (AvgIpc) is 2.58. The van der Waals surface area contributed by atoms with E-state index in [0.29, 0.717) is 14.5 Å². The molecule has 0 amide bonds. The van der Waals surface area contributed by atoms with Crippen LogP contribution in [0.15, 0.2) is 41.6 Å². The van der Waals surface area contributed by atoms with E-state index in [1.165, 1.54) is 10.0 Å². The topological polar surface area (TPSA) is 12.9 Å². The van der Waals surface area contributed by atoms with E-state index in [9.17, 15) is 0 Å². The van der Waals surface area contributed by atoms with Gasteiger partial charge in [-0.1, -0.05) is 0 Å². The number of nitrogens with zero attached hydrogens (tertiary/aromatic N) is 1. The van der Waals surface area contributed by atoms with Crippen molar-refractivity contribution in [2.75, 3.05) is 0 Å². The van der Waals surface area contributed by atoms with E-state index >= 15 is 0 Å². The summed E-state index contributed by atoms with van der Waals surface area (Å²) in [6, 6.07) is 8.36. The van der Waals surface area contributed by atoms with Gasteiger partial charge in [0.2, 0.25) is 0 Å². The van der Waals surface area contributed by atoms with Crippen molar-refractivity contribution in [2.24, 2.45) is 0 Å². The molecule has 0 N–H and O–H groups in total. The maximum absolute atomic E-state index is 4.07. The van der Waals surface area contributed by atoms with Crippen LogP contribution >= 0.6 is 0 Å². The fraction of sp³-hybridized carbons (Fsp3) is 0. The Kier molecular flexibility index (Phi) is 1.89. The summed E-state index contributed by atoms with van der Waals surface area (Å²) in [5.74, 6) is 0. The molecule has 0 aliphatic carbocycles. The second kappa shape index (κ2) is 3.04. The molecule has 11 heavy (non-hydrogen) atoms. The summed E-state index contributed by atoms with van der Waals surface area (Å²) < 4.78 is 1.42. The fourth-order valence-electron chi connectivity index (χ4n) is 0.951. The molecule has 0 aliphatic heterocycles. The molecule has 2 aromatic heterocycles. The Morgan fingerprint density at radius 2 is 2.18 bits per heavy atom. The van der Waals surface area contributed by atoms with Gasteiger partial charge in [-0.05, 0) is 0 Å². The third-order valence-electron chi connectivity index (χ3n) is 1.47. The number of aromatic nitrogens is 1. The van der Waals surface area contributed by atoms with Crippen molar-refractivity contribution in [3.8, 4) is 10.0 Å². The fourth-order valence-corrected chi connectivity index (χ4v) is 2.46. The molecule has 0 spiro atoms. The standard InChI is InChI=1S/C9H7NSe/c1-3-8(7-10-5-1)9-4-2-6-11-9/h1-7H. The van der Waals surface area contributed by atoms with E-state index in [1.807, 2.05) is 12.3 Å². The van der Waals surface area contributed by atoms with Crippen molar-refractivity contribution in [2.45, 2.75) is 0 Å². The molecule has 0 saturated heterocycles. The Labute approximate surface area is 71.5 Å². The van der Waals surface area contributed by atoms with E-state index < -0.39 is 0 Å². The predicted molar refractivity (Wildman–Crippen MR) is 46.6 cm³/mol. The maximum atomic E-state index is 4.07. The normalized spacial score (nSPS) is 9.82. The summed E-state index contributed by atoms with van der Waals surface area (Å²) in [4.78, 5) is 6.29. The second-order valence-electron chi connectivity index (χ2n) is 2.22. The molecule has 2 rings (SSSR count). The molecular weight excluding hydrogens is 201 g/mol. The zero-order valence-electron chi connectivity index (χ0n) is 5.90. The van der Waals surface area contributed by atoms with Gasteiger partial charge < -0.3 is 0 Å². The quantitative estimate of drug-likeness (QED) is 0.651. The Balaban J connectivity index is 2.46. The van der Waals surface area contributed by atoms with Crippen molar-refractivity contribution in [3.63, 3.8) is 0 Å². The zero-order valence-corrected chi connectivity index (χ0v) is 7.61. The van der Waals surface area contributed by atoms with Gasteiger partial charge in [0.05, 0.1) is 0 Å². The zero-order chi connectivity index (χ0) is 7.52. The molecule has 0 bridgehead atoms. The third kappa shape index (κ3) is 1.42. The van der Waals surface area contributed by atoms with Gasteiger partial charge in [0.25, 0.3) is 0 Å². The molecule has 0 aliphatic rings. The van der Waals surface area contributed by atoms with Crippen molar-refractivity contribution in [1.29, 1.82) is 0 Å². The number of pyridine rings is 1. The molecule has 2 aromatic rings. The Bertz CT molecular complexity index is 313. The molecular formula is C9H7NSe. The SMILES string of the molecule is c1cncc(-c2ccc[se]2)c1. The van der Waals surface area contributed by atoms with Crippen LogP contribution in [0.5, 0.6) is 0 Å². The van der Waals surface area contributed by atoms with Crippen LogP contribution in [0.3, 0.4) is 0 Å². The molecule has 0 fully saturated rings. The van der Waals surface area contributed by atoms with Crippen LogP contribution < -0.4 is 0 Å². The first-order valence-electron chi connectivity index (χ1n) is 3.41. The van der Waals surface area contributed by atoms with Crippen LogP contribution in [0.4, 0.5) is 0 Å². The van der Waals surface area contributed by atoms with E-state index in [0.717, 1.165) is 0 Å². The van der Waals surface area contributed by atoms with Crippen molar-refractivity contribution in [3.05, 3.63) is 41.6 Å². The minimum atomic E-state index is 0.531. The van der Waals surface area contributed by atoms with Gasteiger partial charge >= 0.3 is 71.1 Å². The van der Waals surface area contributed by atoms with Gasteiger partial charge in [-0.2, -0.15) is 0 Å². The first kappa shape index (κ1) is 6.83. The van der Waals surface area contributed by atoms with Crippen molar-refractivity contribution < 1.29 is 0 Å². The predicted octanol–water partition coefficient (Wildman–Crippen LogP) is 1.81. The monoisotopic (exact) mass is 209 g/mol. The van der Waals surface area contributed by atoms with E-state index in [1.54, 1.807) is 6.20 Å². The van der Waals surface area contributed by atoms with Crippen LogP contribution in [0.1, 0.15) is 0 Å². The van der Waals surface area contributed by atoms with E-state index in [-0.39, 0.29) is 0 Å². The molecule has 0 atom stereocenters. The van der Waals surface area contributed by atoms with Crippen molar-refractivity contribution in [1.82, 2.24) is 4.98 Å². The molecule has 0 radical (unpaired) electrons. The number of hydrogen-bond acceptors (Lipinski definition) is 1. The average molecular weight is 208 g/mol. The first-order valence-corrected chi connectivity index (χ1v) is 5.25. The number of rotatable bonds is 1. The Hall–Kier alpha value is -0.851. The van der Waals surface area contributed by atoms with Crippen LogP contribution in [0.2, 0.25) is 0 Å². The van der Waals surface area contributed by atoms with E-state index in [4.69, 9.17) is 0 Å². The summed E-state index contributed by atoms with van der Waals surface area (Å²) in [6.07, 6.45) is 3.72. The molecule has 0 unspecified atom stereocenters. The molecule has 0 saturated carbocycles. The molecule has 54 valence electrons. The second-order valence-corrected chi connectivity index (χ2v) is 4.21. The summed E-state index contributed by atoms with van der Waals surface area (Å²) in [7, 11) is 0. The summed E-state index contributed by atoms with van der Waals surface area (Å²) >= 11 is 0.531. The first-order chi connectivity index (χ1) is 5.47. The summed E-state index contributed by atoms with van der Waals surface area (Å²) in [5, 5.41) is 0. The van der Waals surface area contributed by atoms with Gasteiger partial charge in [-0.15, -0.1) is 0 Å². The minimum absolute atomic E-state index is 0.531. The molecule has 1 nitrogen and oxygen atoms in total. The van der Waals surface area contributed by atoms with Gasteiger partial charge in [0.1, 0.15) is 0 Å². The summed E-state index contributed by atoms with van der Waals surface area (Å²) in [5.41, 5.74) is 1.26. The van der Waals surface area contributed by atoms with Gasteiger partial charge in [-0.25, -0.2) is 0 Å². The van der Waals surface area contributed by atoms with Gasteiger partial charge in [0, 0.05) is 0 Å². The Morgan fingerprint density at radius 1 is 1.18 bits per heavy atom. The molecule has 2 heteroatoms. The third-order valence-corrected chi connectivity index (χ3v) is 3.40. The van der Waals surface area contributed by atoms with Gasteiger partial charge in [-0.3, -0.25) is 0 Å². The molecule has 2 heterocycles. The van der Waals surface area contributed by atoms with Crippen LogP contribution in [-0.2, 0) is 0 Å². The Morgan fingerprint density at radius 3 is 2.82 bits per heavy atom. The van der Waals surface area contributed by atoms with E-state index in [2.05, 4.69) is 28.1 Å². The number of hydrogen-bond donors (Lipinski definition) is 0. The van der Waals surface area contributed by atoms with Crippen molar-refractivity contribution >= 4 is 14.5 Å². The van der Waals surface area contributed by atoms with Gasteiger partial charge in [0.15, 0.2) is 0 Å². The molecule has 0 aromatic carbocycles. The van der Waals surface area contributed by atoms with Crippen LogP contribution in [0.25, 0.3) is 10.0 Å². The van der Waals surface area contributed by atoms with Crippen LogP contribution in [0, 0.1) is 0 Å². The summed E-state index contributed by atoms with van der Waals surface area (Å²) in [6.45, 7) is 0. The van der Waals surface area contributed by atoms with Crippen LogP contribution in [-0.4, -0.2) is 19.5 Å².